The highest BCUT2D eigenvalue weighted by molar-refractivity contribution is 5.81. The molecule has 0 aliphatic carbocycles. The second-order valence-electron chi connectivity index (χ2n) is 2.72. The molecule has 6 heteroatoms. The van der Waals surface area contributed by atoms with Gasteiger partial charge >= 0.3 is 5.97 Å². The number of carbonyl (C=O) groups is 1. The molecule has 0 rings (SSSR count). The molecule has 0 aliphatic heterocycles. The van der Waals surface area contributed by atoms with E-state index in [4.69, 9.17) is 5.11 Å². The van der Waals surface area contributed by atoms with Gasteiger partial charge in [-0.1, -0.05) is 6.58 Å². The van der Waals surface area contributed by atoms with Crippen LogP contribution >= 0.6 is 0 Å². The molecule has 1 atom stereocenters. The Morgan fingerprint density at radius 3 is 2.69 bits per heavy atom. The first-order valence-corrected chi connectivity index (χ1v) is 3.51. The van der Waals surface area contributed by atoms with E-state index < -0.39 is 29.6 Å². The number of nitro groups is 1. The van der Waals surface area contributed by atoms with Crippen LogP contribution in [0.15, 0.2) is 12.7 Å². The molecule has 0 spiro atoms. The smallest absolute Gasteiger partial charge is 0.330 e. The molecule has 1 unspecified atom stereocenters. The van der Waals surface area contributed by atoms with Crippen LogP contribution in [0.2, 0.25) is 0 Å². The molecule has 0 fully saturated rings. The molecule has 0 aromatic carbocycles. The zero-order valence-electron chi connectivity index (χ0n) is 7.23. The van der Waals surface area contributed by atoms with E-state index in [0.717, 1.165) is 6.08 Å². The summed E-state index contributed by atoms with van der Waals surface area (Å²) in [5.74, 6) is -0.749. The van der Waals surface area contributed by atoms with E-state index in [9.17, 15) is 14.9 Å². The minimum Gasteiger partial charge on any atom is -0.455 e. The average molecular weight is 189 g/mol. The first-order chi connectivity index (χ1) is 5.96. The van der Waals surface area contributed by atoms with Gasteiger partial charge in [-0.25, -0.2) is 4.79 Å². The zero-order chi connectivity index (χ0) is 10.5. The molecule has 13 heavy (non-hydrogen) atoms. The lowest BCUT2D eigenvalue weighted by molar-refractivity contribution is -0.571. The van der Waals surface area contributed by atoms with Gasteiger partial charge in [-0.3, -0.25) is 10.1 Å². The molecule has 0 aromatic heterocycles. The first kappa shape index (κ1) is 11.6. The summed E-state index contributed by atoms with van der Waals surface area (Å²) in [7, 11) is 0. The Balaban J connectivity index is 4.21. The summed E-state index contributed by atoms with van der Waals surface area (Å²) < 4.78 is 4.45. The fourth-order valence-corrected chi connectivity index (χ4v) is 0.442. The summed E-state index contributed by atoms with van der Waals surface area (Å²) in [6, 6.07) is 0. The standard InChI is InChI=1S/C7H11NO5/c1-3-6(10)13-5-7(2,4-9)8(11)12/h3,9H,1,4-5H2,2H3. The summed E-state index contributed by atoms with van der Waals surface area (Å²) in [6.07, 6.45) is 0.901. The molecule has 74 valence electrons. The molecule has 1 N–H and O–H groups in total. The molecule has 0 radical (unpaired) electrons. The minimum absolute atomic E-state index is 0.471. The lowest BCUT2D eigenvalue weighted by atomic mass is 10.1. The van der Waals surface area contributed by atoms with E-state index in [0.29, 0.717) is 0 Å². The van der Waals surface area contributed by atoms with E-state index in [1.54, 1.807) is 0 Å². The van der Waals surface area contributed by atoms with Gasteiger partial charge in [-0.05, 0) is 0 Å². The number of nitrogens with zero attached hydrogens (tertiary/aromatic N) is 1. The van der Waals surface area contributed by atoms with Gasteiger partial charge in [0.05, 0.1) is 0 Å². The van der Waals surface area contributed by atoms with Crippen molar-refractivity contribution >= 4 is 5.97 Å². The lowest BCUT2D eigenvalue weighted by Crippen LogP contribution is -2.44. The van der Waals surface area contributed by atoms with Gasteiger partial charge in [0.15, 0.2) is 6.61 Å². The SMILES string of the molecule is C=CC(=O)OCC(C)(CO)[N+](=O)[O-]. The highest BCUT2D eigenvalue weighted by atomic mass is 16.6. The molecule has 0 aliphatic rings. The topological polar surface area (TPSA) is 89.7 Å². The van der Waals surface area contributed by atoms with Gasteiger partial charge in [-0.15, -0.1) is 0 Å². The maximum absolute atomic E-state index is 10.6. The molecule has 0 saturated heterocycles. The monoisotopic (exact) mass is 189 g/mol. The van der Waals surface area contributed by atoms with Crippen LogP contribution in [-0.4, -0.2) is 34.8 Å². The van der Waals surface area contributed by atoms with Crippen molar-refractivity contribution in [3.63, 3.8) is 0 Å². The van der Waals surface area contributed by atoms with Gasteiger partial charge in [0, 0.05) is 17.9 Å². The quantitative estimate of drug-likeness (QED) is 0.278. The maximum atomic E-state index is 10.6. The minimum atomic E-state index is -1.64. The van der Waals surface area contributed by atoms with Gasteiger partial charge in [0.1, 0.15) is 6.61 Å². The van der Waals surface area contributed by atoms with Crippen molar-refractivity contribution in [2.45, 2.75) is 12.5 Å². The first-order valence-electron chi connectivity index (χ1n) is 3.51. The van der Waals surface area contributed by atoms with Crippen molar-refractivity contribution in [3.05, 3.63) is 22.8 Å². The second kappa shape index (κ2) is 4.56. The van der Waals surface area contributed by atoms with E-state index >= 15 is 0 Å². The highest BCUT2D eigenvalue weighted by Gasteiger charge is 2.38. The third-order valence-corrected chi connectivity index (χ3v) is 1.47. The molecule has 0 aromatic rings. The number of carbonyl (C=O) groups excluding carboxylic acids is 1. The Labute approximate surface area is 75.0 Å². The van der Waals surface area contributed by atoms with Gasteiger partial charge in [-0.2, -0.15) is 0 Å². The Morgan fingerprint density at radius 2 is 2.38 bits per heavy atom. The van der Waals surface area contributed by atoms with Crippen molar-refractivity contribution in [1.29, 1.82) is 0 Å². The summed E-state index contributed by atoms with van der Waals surface area (Å²) in [5.41, 5.74) is -1.64. The molecule has 0 saturated carbocycles. The molecular weight excluding hydrogens is 178 g/mol. The summed E-state index contributed by atoms with van der Waals surface area (Å²) in [4.78, 5) is 20.2. The average Bonchev–Trinajstić information content (AvgIpc) is 2.13. The number of aliphatic hydroxyl groups excluding tert-OH is 1. The predicted octanol–water partition coefficient (Wildman–Crippen LogP) is -0.257. The molecule has 0 heterocycles. The van der Waals surface area contributed by atoms with Crippen LogP contribution in [0, 0.1) is 10.1 Å². The van der Waals surface area contributed by atoms with Crippen molar-refractivity contribution < 1.29 is 19.6 Å². The van der Waals surface area contributed by atoms with E-state index in [2.05, 4.69) is 11.3 Å². The largest absolute Gasteiger partial charge is 0.455 e. The fourth-order valence-electron chi connectivity index (χ4n) is 0.442. The number of hydrogen-bond acceptors (Lipinski definition) is 5. The summed E-state index contributed by atoms with van der Waals surface area (Å²) in [5, 5.41) is 19.1. The molecule has 6 nitrogen and oxygen atoms in total. The van der Waals surface area contributed by atoms with Crippen LogP contribution in [0.25, 0.3) is 0 Å². The van der Waals surface area contributed by atoms with Crippen molar-refractivity contribution in [2.75, 3.05) is 13.2 Å². The number of rotatable bonds is 5. The fraction of sp³-hybridized carbons (Fsp3) is 0.571. The zero-order valence-corrected chi connectivity index (χ0v) is 7.23. The van der Waals surface area contributed by atoms with Crippen LogP contribution in [0.4, 0.5) is 0 Å². The Hall–Kier alpha value is -1.43. The number of ether oxygens (including phenoxy) is 1. The van der Waals surface area contributed by atoms with E-state index in [-0.39, 0.29) is 0 Å². The van der Waals surface area contributed by atoms with Crippen molar-refractivity contribution in [1.82, 2.24) is 0 Å². The Morgan fingerprint density at radius 1 is 1.85 bits per heavy atom. The van der Waals surface area contributed by atoms with Crippen molar-refractivity contribution in [2.24, 2.45) is 0 Å². The van der Waals surface area contributed by atoms with E-state index in [1.165, 1.54) is 6.92 Å². The number of aliphatic hydroxyl groups is 1. The summed E-state index contributed by atoms with van der Waals surface area (Å²) >= 11 is 0. The number of esters is 1. The van der Waals surface area contributed by atoms with Gasteiger partial charge in [0.25, 0.3) is 5.54 Å². The number of hydrogen-bond donors (Lipinski definition) is 1. The van der Waals surface area contributed by atoms with Crippen LogP contribution in [0.5, 0.6) is 0 Å². The van der Waals surface area contributed by atoms with Crippen LogP contribution in [-0.2, 0) is 9.53 Å². The van der Waals surface area contributed by atoms with Gasteiger partial charge < -0.3 is 9.84 Å². The molecule has 0 amide bonds. The Bertz CT molecular complexity index is 227. The third-order valence-electron chi connectivity index (χ3n) is 1.47. The van der Waals surface area contributed by atoms with Gasteiger partial charge in [0.2, 0.25) is 0 Å². The van der Waals surface area contributed by atoms with Crippen LogP contribution in [0.1, 0.15) is 6.92 Å². The summed E-state index contributed by atoms with van der Waals surface area (Å²) in [6.45, 7) is 3.15. The molecule has 0 bridgehead atoms. The van der Waals surface area contributed by atoms with Crippen LogP contribution in [0.3, 0.4) is 0 Å². The predicted molar refractivity (Wildman–Crippen MR) is 43.6 cm³/mol. The maximum Gasteiger partial charge on any atom is 0.330 e. The normalized spacial score (nSPS) is 14.3. The third kappa shape index (κ3) is 3.20. The van der Waals surface area contributed by atoms with Crippen molar-refractivity contribution in [3.8, 4) is 0 Å². The molecular formula is C7H11NO5. The van der Waals surface area contributed by atoms with Crippen LogP contribution < -0.4 is 0 Å². The highest BCUT2D eigenvalue weighted by Crippen LogP contribution is 2.08. The van der Waals surface area contributed by atoms with E-state index in [1.807, 2.05) is 0 Å². The lowest BCUT2D eigenvalue weighted by Gasteiger charge is -2.17. The Kier molecular flexibility index (Phi) is 4.06. The second-order valence-corrected chi connectivity index (χ2v) is 2.72.